The number of likely N-dealkylation sites (tertiary alicyclic amines) is 1. The summed E-state index contributed by atoms with van der Waals surface area (Å²) in [6, 6.07) is 10.8. The number of piperidine rings is 1. The van der Waals surface area contributed by atoms with E-state index in [1.165, 1.54) is 27.8 Å². The first-order chi connectivity index (χ1) is 13.2. The Morgan fingerprint density at radius 1 is 1.19 bits per heavy atom. The van der Waals surface area contributed by atoms with Gasteiger partial charge in [-0.1, -0.05) is 30.3 Å². The Labute approximate surface area is 160 Å². The van der Waals surface area contributed by atoms with Gasteiger partial charge in [-0.25, -0.2) is 0 Å². The van der Waals surface area contributed by atoms with Crippen molar-refractivity contribution in [3.05, 3.63) is 71.1 Å². The fourth-order valence-electron chi connectivity index (χ4n) is 4.37. The van der Waals surface area contributed by atoms with Gasteiger partial charge in [-0.05, 0) is 67.0 Å². The molecule has 0 saturated carbocycles. The predicted octanol–water partition coefficient (Wildman–Crippen LogP) is 3.80. The van der Waals surface area contributed by atoms with E-state index in [4.69, 9.17) is 0 Å². The summed E-state index contributed by atoms with van der Waals surface area (Å²) in [6.45, 7) is 2.58. The van der Waals surface area contributed by atoms with Crippen LogP contribution in [0.3, 0.4) is 0 Å². The second kappa shape index (κ2) is 8.05. The van der Waals surface area contributed by atoms with Crippen molar-refractivity contribution in [2.75, 3.05) is 19.6 Å². The average Bonchev–Trinajstić information content (AvgIpc) is 2.86. The molecule has 1 aliphatic carbocycles. The summed E-state index contributed by atoms with van der Waals surface area (Å²) in [5, 5.41) is 9.29. The highest BCUT2D eigenvalue weighted by Crippen LogP contribution is 2.33. The van der Waals surface area contributed by atoms with Crippen molar-refractivity contribution < 1.29 is 9.90 Å². The van der Waals surface area contributed by atoms with Crippen LogP contribution in [-0.4, -0.2) is 40.6 Å². The molecule has 140 valence electrons. The monoisotopic (exact) mass is 362 g/mol. The van der Waals surface area contributed by atoms with Gasteiger partial charge in [0.15, 0.2) is 0 Å². The van der Waals surface area contributed by atoms with E-state index in [2.05, 4.69) is 46.3 Å². The fraction of sp³-hybridized carbons (Fsp3) is 0.391. The summed E-state index contributed by atoms with van der Waals surface area (Å²) in [4.78, 5) is 18.0. The third kappa shape index (κ3) is 3.96. The summed E-state index contributed by atoms with van der Waals surface area (Å²) < 4.78 is 0. The quantitative estimate of drug-likeness (QED) is 0.899. The van der Waals surface area contributed by atoms with Crippen molar-refractivity contribution in [1.29, 1.82) is 0 Å². The molecule has 1 aliphatic heterocycles. The van der Waals surface area contributed by atoms with Crippen LogP contribution in [-0.2, 0) is 17.6 Å². The lowest BCUT2D eigenvalue weighted by molar-refractivity contribution is -0.143. The molecule has 1 atom stereocenters. The van der Waals surface area contributed by atoms with Crippen LogP contribution in [0.25, 0.3) is 5.57 Å². The third-order valence-corrected chi connectivity index (χ3v) is 5.82. The zero-order valence-electron chi connectivity index (χ0n) is 15.6. The van der Waals surface area contributed by atoms with Gasteiger partial charge in [0.2, 0.25) is 0 Å². The Bertz CT molecular complexity index is 809. The third-order valence-electron chi connectivity index (χ3n) is 5.82. The first-order valence-corrected chi connectivity index (χ1v) is 9.89. The number of carboxylic acids is 1. The summed E-state index contributed by atoms with van der Waals surface area (Å²) in [5.74, 6) is -0.870. The second-order valence-electron chi connectivity index (χ2n) is 7.57. The maximum absolute atomic E-state index is 11.3. The van der Waals surface area contributed by atoms with Crippen molar-refractivity contribution in [3.8, 4) is 0 Å². The van der Waals surface area contributed by atoms with Crippen LogP contribution in [0.4, 0.5) is 0 Å². The van der Waals surface area contributed by atoms with E-state index in [1.807, 2.05) is 12.4 Å². The topological polar surface area (TPSA) is 53.4 Å². The number of aromatic nitrogens is 1. The van der Waals surface area contributed by atoms with Gasteiger partial charge in [0.05, 0.1) is 5.92 Å². The van der Waals surface area contributed by atoms with Crippen molar-refractivity contribution in [2.24, 2.45) is 5.92 Å². The largest absolute Gasteiger partial charge is 0.481 e. The van der Waals surface area contributed by atoms with Gasteiger partial charge < -0.3 is 10.0 Å². The maximum atomic E-state index is 11.3. The molecular formula is C23H26N2O2. The number of aryl methyl sites for hydroxylation is 2. The molecule has 1 fully saturated rings. The minimum atomic E-state index is -0.657. The number of fused-ring (bicyclic) bond motifs is 2. The Balaban J connectivity index is 1.56. The van der Waals surface area contributed by atoms with Crippen molar-refractivity contribution >= 4 is 11.5 Å². The van der Waals surface area contributed by atoms with E-state index >= 15 is 0 Å². The second-order valence-corrected chi connectivity index (χ2v) is 7.57. The van der Waals surface area contributed by atoms with Crippen molar-refractivity contribution in [1.82, 2.24) is 9.88 Å². The van der Waals surface area contributed by atoms with Gasteiger partial charge in [0, 0.05) is 31.0 Å². The lowest BCUT2D eigenvalue weighted by atomic mass is 9.94. The number of aliphatic carboxylic acids is 1. The number of benzene rings is 1. The number of carbonyl (C=O) groups is 1. The molecule has 4 heteroatoms. The first kappa shape index (κ1) is 17.9. The van der Waals surface area contributed by atoms with Crippen LogP contribution >= 0.6 is 0 Å². The Morgan fingerprint density at radius 2 is 2.00 bits per heavy atom. The SMILES string of the molecule is O=C(O)C1CCCN(CC/C=C2\c3ccccc3CCc3ccncc32)C1. The molecule has 2 aromatic rings. The lowest BCUT2D eigenvalue weighted by Gasteiger charge is -2.30. The van der Waals surface area contributed by atoms with Crippen LogP contribution in [0.2, 0.25) is 0 Å². The molecule has 1 aromatic carbocycles. The smallest absolute Gasteiger partial charge is 0.307 e. The van der Waals surface area contributed by atoms with Crippen LogP contribution in [0.1, 0.15) is 41.5 Å². The Kier molecular flexibility index (Phi) is 5.35. The molecule has 0 bridgehead atoms. The van der Waals surface area contributed by atoms with Crippen LogP contribution in [0.15, 0.2) is 48.8 Å². The Hall–Kier alpha value is -2.46. The van der Waals surface area contributed by atoms with Gasteiger partial charge >= 0.3 is 5.97 Å². The van der Waals surface area contributed by atoms with Gasteiger partial charge in [0.25, 0.3) is 0 Å². The van der Waals surface area contributed by atoms with E-state index in [0.717, 1.165) is 45.2 Å². The molecular weight excluding hydrogens is 336 g/mol. The molecule has 4 rings (SSSR count). The van der Waals surface area contributed by atoms with E-state index in [-0.39, 0.29) is 5.92 Å². The highest BCUT2D eigenvalue weighted by Gasteiger charge is 2.25. The molecule has 2 aliphatic rings. The predicted molar refractivity (Wildman–Crippen MR) is 107 cm³/mol. The highest BCUT2D eigenvalue weighted by atomic mass is 16.4. The number of hydrogen-bond acceptors (Lipinski definition) is 3. The molecule has 1 saturated heterocycles. The number of nitrogens with zero attached hydrogens (tertiary/aromatic N) is 2. The number of pyridine rings is 1. The molecule has 4 nitrogen and oxygen atoms in total. The average molecular weight is 362 g/mol. The zero-order valence-corrected chi connectivity index (χ0v) is 15.6. The minimum absolute atomic E-state index is 0.213. The number of rotatable bonds is 4. The summed E-state index contributed by atoms with van der Waals surface area (Å²) in [7, 11) is 0. The molecule has 1 unspecified atom stereocenters. The standard InChI is InChI=1S/C23H26N2O2/c26-23(27)19-6-3-13-25(16-19)14-4-8-21-20-7-2-1-5-17(20)9-10-18-11-12-24-15-22(18)21/h1-2,5,7-8,11-12,15,19H,3-4,6,9-10,13-14,16H2,(H,26,27)/b21-8+. The number of hydrogen-bond donors (Lipinski definition) is 1. The molecule has 0 spiro atoms. The van der Waals surface area contributed by atoms with Crippen LogP contribution in [0.5, 0.6) is 0 Å². The highest BCUT2D eigenvalue weighted by molar-refractivity contribution is 5.83. The van der Waals surface area contributed by atoms with Crippen LogP contribution < -0.4 is 0 Å². The summed E-state index contributed by atoms with van der Waals surface area (Å²) >= 11 is 0. The van der Waals surface area contributed by atoms with Gasteiger partial charge in [0.1, 0.15) is 0 Å². The van der Waals surface area contributed by atoms with E-state index in [1.54, 1.807) is 0 Å². The van der Waals surface area contributed by atoms with Crippen molar-refractivity contribution in [3.63, 3.8) is 0 Å². The number of carboxylic acid groups (broad SMARTS) is 1. The molecule has 0 amide bonds. The first-order valence-electron chi connectivity index (χ1n) is 9.89. The molecule has 1 N–H and O–H groups in total. The van der Waals surface area contributed by atoms with E-state index in [9.17, 15) is 9.90 Å². The van der Waals surface area contributed by atoms with E-state index < -0.39 is 5.97 Å². The van der Waals surface area contributed by atoms with Crippen LogP contribution in [0, 0.1) is 5.92 Å². The Morgan fingerprint density at radius 3 is 2.85 bits per heavy atom. The minimum Gasteiger partial charge on any atom is -0.481 e. The van der Waals surface area contributed by atoms with Gasteiger partial charge in [-0.2, -0.15) is 0 Å². The lowest BCUT2D eigenvalue weighted by Crippen LogP contribution is -2.39. The normalized spacial score (nSPS) is 21.3. The van der Waals surface area contributed by atoms with Gasteiger partial charge in [-0.3, -0.25) is 9.78 Å². The molecule has 0 radical (unpaired) electrons. The van der Waals surface area contributed by atoms with Crippen molar-refractivity contribution in [2.45, 2.75) is 32.1 Å². The van der Waals surface area contributed by atoms with Gasteiger partial charge in [-0.15, -0.1) is 0 Å². The summed E-state index contributed by atoms with van der Waals surface area (Å²) in [5.41, 5.74) is 6.58. The summed E-state index contributed by atoms with van der Waals surface area (Å²) in [6.07, 6.45) is 11.0. The van der Waals surface area contributed by atoms with E-state index in [0.29, 0.717) is 6.54 Å². The molecule has 1 aromatic heterocycles. The molecule has 2 heterocycles. The molecule has 27 heavy (non-hydrogen) atoms. The zero-order chi connectivity index (χ0) is 18.6. The fourth-order valence-corrected chi connectivity index (χ4v) is 4.37. The maximum Gasteiger partial charge on any atom is 0.307 e.